The molecule has 2 aromatic rings. The highest BCUT2D eigenvalue weighted by molar-refractivity contribution is 7.13. The molecule has 2 atom stereocenters. The maximum absolute atomic E-state index is 10.7. The van der Waals surface area contributed by atoms with Crippen LogP contribution in [0.25, 0.3) is 0 Å². The van der Waals surface area contributed by atoms with Crippen LogP contribution in [-0.2, 0) is 0 Å². The van der Waals surface area contributed by atoms with Gasteiger partial charge in [0.05, 0.1) is 17.8 Å². The van der Waals surface area contributed by atoms with Crippen molar-refractivity contribution in [2.75, 3.05) is 17.2 Å². The Morgan fingerprint density at radius 1 is 1.48 bits per heavy atom. The Morgan fingerprint density at radius 2 is 2.22 bits per heavy atom. The van der Waals surface area contributed by atoms with Gasteiger partial charge in [-0.2, -0.15) is 0 Å². The van der Waals surface area contributed by atoms with E-state index in [0.29, 0.717) is 5.13 Å². The minimum absolute atomic E-state index is 0.228. The van der Waals surface area contributed by atoms with Crippen LogP contribution in [0.1, 0.15) is 43.1 Å². The molecule has 0 radical (unpaired) electrons. The molecule has 7 heteroatoms. The average Bonchev–Trinajstić information content (AvgIpc) is 3.15. The molecule has 1 aliphatic heterocycles. The van der Waals surface area contributed by atoms with Gasteiger partial charge in [0.25, 0.3) is 0 Å². The zero-order valence-electron chi connectivity index (χ0n) is 12.9. The fraction of sp³-hybridized carbons (Fsp3) is 0.375. The summed E-state index contributed by atoms with van der Waals surface area (Å²) >= 11 is 1.48. The van der Waals surface area contributed by atoms with Crippen molar-refractivity contribution in [2.24, 2.45) is 0 Å². The van der Waals surface area contributed by atoms with Crippen molar-refractivity contribution in [3.05, 3.63) is 40.9 Å². The highest BCUT2D eigenvalue weighted by Crippen LogP contribution is 2.37. The molecule has 1 amide bonds. The molecule has 1 aromatic heterocycles. The third-order valence-electron chi connectivity index (χ3n) is 4.20. The zero-order valence-corrected chi connectivity index (χ0v) is 13.7. The predicted molar refractivity (Wildman–Crippen MR) is 91.9 cm³/mol. The lowest BCUT2D eigenvalue weighted by molar-refractivity contribution is 0.191. The molecule has 0 unspecified atom stereocenters. The van der Waals surface area contributed by atoms with Gasteiger partial charge in [-0.15, -0.1) is 11.3 Å². The Hall–Kier alpha value is -2.28. The van der Waals surface area contributed by atoms with Crippen molar-refractivity contribution in [1.29, 1.82) is 0 Å². The highest BCUT2D eigenvalue weighted by atomic mass is 32.1. The lowest BCUT2D eigenvalue weighted by atomic mass is 10.1. The number of carboxylic acid groups (broad SMARTS) is 1. The lowest BCUT2D eigenvalue weighted by Crippen LogP contribution is -2.25. The second-order valence-corrected chi connectivity index (χ2v) is 6.61. The maximum atomic E-state index is 10.7. The molecule has 0 bridgehead atoms. The van der Waals surface area contributed by atoms with E-state index in [1.807, 2.05) is 36.6 Å². The number of carbonyl (C=O) groups is 1. The summed E-state index contributed by atoms with van der Waals surface area (Å²) in [5.41, 5.74) is 8.87. The minimum atomic E-state index is -1.01. The maximum Gasteiger partial charge on any atom is 0.405 e. The molecule has 1 aromatic carbocycles. The van der Waals surface area contributed by atoms with Crippen LogP contribution < -0.4 is 16.0 Å². The Balaban J connectivity index is 1.77. The van der Waals surface area contributed by atoms with Gasteiger partial charge in [0.2, 0.25) is 0 Å². The van der Waals surface area contributed by atoms with E-state index in [-0.39, 0.29) is 12.1 Å². The predicted octanol–water partition coefficient (Wildman–Crippen LogP) is 3.40. The largest absolute Gasteiger partial charge is 0.465 e. The molecule has 3 rings (SSSR count). The Kier molecular flexibility index (Phi) is 4.38. The summed E-state index contributed by atoms with van der Waals surface area (Å²) in [6.45, 7) is 2.82. The van der Waals surface area contributed by atoms with Crippen LogP contribution in [0, 0.1) is 0 Å². The summed E-state index contributed by atoms with van der Waals surface area (Å²) in [5, 5.41) is 13.9. The second kappa shape index (κ2) is 6.45. The number of hydrogen-bond acceptors (Lipinski definition) is 5. The van der Waals surface area contributed by atoms with E-state index in [1.54, 1.807) is 0 Å². The number of benzene rings is 1. The summed E-state index contributed by atoms with van der Waals surface area (Å²) in [6.07, 6.45) is 1.19. The molecular formula is C16H20N4O2S. The van der Waals surface area contributed by atoms with E-state index in [4.69, 9.17) is 10.8 Å². The van der Waals surface area contributed by atoms with E-state index in [0.717, 1.165) is 36.3 Å². The number of nitrogen functional groups attached to an aromatic ring is 1. The van der Waals surface area contributed by atoms with Crippen molar-refractivity contribution in [2.45, 2.75) is 31.8 Å². The van der Waals surface area contributed by atoms with Gasteiger partial charge in [-0.3, -0.25) is 0 Å². The van der Waals surface area contributed by atoms with Crippen molar-refractivity contribution in [3.63, 3.8) is 0 Å². The summed E-state index contributed by atoms with van der Waals surface area (Å²) in [6, 6.07) is 8.08. The fourth-order valence-corrected chi connectivity index (χ4v) is 3.67. The van der Waals surface area contributed by atoms with Gasteiger partial charge in [-0.05, 0) is 37.5 Å². The normalized spacial score (nSPS) is 18.8. The van der Waals surface area contributed by atoms with E-state index in [2.05, 4.69) is 15.2 Å². The molecule has 1 aliphatic rings. The number of nitrogens with two attached hydrogens (primary N) is 1. The van der Waals surface area contributed by atoms with Crippen molar-refractivity contribution < 1.29 is 9.90 Å². The number of rotatable bonds is 4. The second-order valence-electron chi connectivity index (χ2n) is 5.72. The first-order valence-corrected chi connectivity index (χ1v) is 8.49. The molecule has 2 heterocycles. The van der Waals surface area contributed by atoms with Gasteiger partial charge in [-0.25, -0.2) is 9.78 Å². The Labute approximate surface area is 139 Å². The average molecular weight is 332 g/mol. The molecule has 0 aliphatic carbocycles. The van der Waals surface area contributed by atoms with Crippen LogP contribution in [0.3, 0.4) is 0 Å². The monoisotopic (exact) mass is 332 g/mol. The Morgan fingerprint density at radius 3 is 2.83 bits per heavy atom. The SMILES string of the molecule is C[C@H](NC(=O)O)c1ccc(N2CCC[C@@H]2c2csc(N)n2)cc1. The quantitative estimate of drug-likeness (QED) is 0.798. The van der Waals surface area contributed by atoms with Gasteiger partial charge in [0.1, 0.15) is 0 Å². The van der Waals surface area contributed by atoms with Crippen LogP contribution in [0.2, 0.25) is 0 Å². The molecule has 1 fully saturated rings. The highest BCUT2D eigenvalue weighted by Gasteiger charge is 2.28. The molecule has 4 N–H and O–H groups in total. The number of anilines is 2. The number of amides is 1. The van der Waals surface area contributed by atoms with Crippen LogP contribution in [-0.4, -0.2) is 22.7 Å². The van der Waals surface area contributed by atoms with Crippen molar-refractivity contribution in [3.8, 4) is 0 Å². The van der Waals surface area contributed by atoms with Crippen LogP contribution in [0.15, 0.2) is 29.6 Å². The summed E-state index contributed by atoms with van der Waals surface area (Å²) in [7, 11) is 0. The van der Waals surface area contributed by atoms with Gasteiger partial charge in [0.15, 0.2) is 5.13 Å². The number of aromatic nitrogens is 1. The number of nitrogens with zero attached hydrogens (tertiary/aromatic N) is 2. The third-order valence-corrected chi connectivity index (χ3v) is 4.89. The number of hydrogen-bond donors (Lipinski definition) is 3. The summed E-state index contributed by atoms with van der Waals surface area (Å²) < 4.78 is 0. The number of thiazole rings is 1. The summed E-state index contributed by atoms with van der Waals surface area (Å²) in [4.78, 5) is 17.5. The molecule has 0 saturated carbocycles. The smallest absolute Gasteiger partial charge is 0.405 e. The van der Waals surface area contributed by atoms with Gasteiger partial charge in [0, 0.05) is 17.6 Å². The first-order valence-electron chi connectivity index (χ1n) is 7.61. The topological polar surface area (TPSA) is 91.5 Å². The number of nitrogens with one attached hydrogen (secondary N) is 1. The molecule has 122 valence electrons. The van der Waals surface area contributed by atoms with Gasteiger partial charge < -0.3 is 21.1 Å². The van der Waals surface area contributed by atoms with Crippen LogP contribution in [0.5, 0.6) is 0 Å². The van der Waals surface area contributed by atoms with Gasteiger partial charge in [-0.1, -0.05) is 12.1 Å². The van der Waals surface area contributed by atoms with E-state index in [9.17, 15) is 4.79 Å². The lowest BCUT2D eigenvalue weighted by Gasteiger charge is -2.26. The first kappa shape index (κ1) is 15.6. The van der Waals surface area contributed by atoms with E-state index >= 15 is 0 Å². The minimum Gasteiger partial charge on any atom is -0.465 e. The molecule has 1 saturated heterocycles. The van der Waals surface area contributed by atoms with E-state index in [1.165, 1.54) is 11.3 Å². The van der Waals surface area contributed by atoms with Crippen LogP contribution >= 0.6 is 11.3 Å². The molecule has 0 spiro atoms. The molecule has 6 nitrogen and oxygen atoms in total. The van der Waals surface area contributed by atoms with E-state index < -0.39 is 6.09 Å². The first-order chi connectivity index (χ1) is 11.0. The summed E-state index contributed by atoms with van der Waals surface area (Å²) in [5.74, 6) is 0. The van der Waals surface area contributed by atoms with Crippen LogP contribution in [0.4, 0.5) is 15.6 Å². The molecule has 23 heavy (non-hydrogen) atoms. The Bertz CT molecular complexity index is 686. The zero-order chi connectivity index (χ0) is 16.4. The van der Waals surface area contributed by atoms with Crippen molar-refractivity contribution >= 4 is 28.2 Å². The fourth-order valence-electron chi connectivity index (χ4n) is 3.06. The molecular weight excluding hydrogens is 312 g/mol. The van der Waals surface area contributed by atoms with Crippen molar-refractivity contribution in [1.82, 2.24) is 10.3 Å². The third kappa shape index (κ3) is 3.39. The standard InChI is InChI=1S/C16H20N4O2S/c1-10(18-16(21)22)11-4-6-12(7-5-11)20-8-2-3-14(20)13-9-23-15(17)19-13/h4-7,9-10,14,18H,2-3,8H2,1H3,(H2,17,19)(H,21,22)/t10-,14+/m0/s1. The van der Waals surface area contributed by atoms with Gasteiger partial charge >= 0.3 is 6.09 Å².